The first-order chi connectivity index (χ1) is 10.6. The van der Waals surface area contributed by atoms with Crippen LogP contribution in [0.2, 0.25) is 5.02 Å². The minimum absolute atomic E-state index is 0.319. The summed E-state index contributed by atoms with van der Waals surface area (Å²) >= 11 is 6.31. The number of hydrogen-bond donors (Lipinski definition) is 1. The van der Waals surface area contributed by atoms with E-state index in [9.17, 15) is 4.79 Å². The number of piperidine rings is 1. The molecule has 2 fully saturated rings. The molecule has 2 aliphatic heterocycles. The molecule has 2 aliphatic rings. The first kappa shape index (κ1) is 15.8. The lowest BCUT2D eigenvalue weighted by Crippen LogP contribution is -2.46. The zero-order valence-corrected chi connectivity index (χ0v) is 13.9. The van der Waals surface area contributed by atoms with Gasteiger partial charge in [0.25, 0.3) is 0 Å². The average Bonchev–Trinajstić information content (AvgIpc) is 2.86. The molecule has 0 radical (unpaired) electrons. The van der Waals surface area contributed by atoms with Crippen LogP contribution in [0.25, 0.3) is 0 Å². The van der Waals surface area contributed by atoms with Gasteiger partial charge in [0.15, 0.2) is 0 Å². The van der Waals surface area contributed by atoms with Crippen LogP contribution >= 0.6 is 11.6 Å². The van der Waals surface area contributed by atoms with Crippen LogP contribution in [0, 0.1) is 0 Å². The number of nitrogens with zero attached hydrogens (tertiary/aromatic N) is 1. The third-order valence-electron chi connectivity index (χ3n) is 4.96. The smallest absolute Gasteiger partial charge is 0.337 e. The van der Waals surface area contributed by atoms with E-state index in [0.717, 1.165) is 12.1 Å². The molecule has 2 heterocycles. The Bertz CT molecular complexity index is 552. The maximum atomic E-state index is 11.7. The Morgan fingerprint density at radius 2 is 2.05 bits per heavy atom. The van der Waals surface area contributed by atoms with Gasteiger partial charge in [0.1, 0.15) is 0 Å². The first-order valence-electron chi connectivity index (χ1n) is 7.90. The summed E-state index contributed by atoms with van der Waals surface area (Å²) in [6.07, 6.45) is 4.99. The fourth-order valence-electron chi connectivity index (χ4n) is 3.73. The average molecular weight is 323 g/mol. The minimum Gasteiger partial charge on any atom is -0.465 e. The third kappa shape index (κ3) is 3.29. The van der Waals surface area contributed by atoms with Gasteiger partial charge in [-0.1, -0.05) is 11.6 Å². The highest BCUT2D eigenvalue weighted by molar-refractivity contribution is 6.31. The molecule has 1 aromatic carbocycles. The number of ether oxygens (including phenoxy) is 1. The number of carbonyl (C=O) groups is 1. The molecule has 0 aliphatic carbocycles. The number of carbonyl (C=O) groups excluding carboxylic acids is 1. The number of methoxy groups -OCH3 is 1. The maximum Gasteiger partial charge on any atom is 0.337 e. The number of rotatable bonds is 4. The SMILES string of the molecule is COC(=O)c1ccc(Cl)c(CN(C)C2CC3CCC(C2)N3)c1. The van der Waals surface area contributed by atoms with Crippen molar-refractivity contribution in [2.24, 2.45) is 0 Å². The van der Waals surface area contributed by atoms with E-state index in [1.807, 2.05) is 6.07 Å². The number of esters is 1. The molecule has 2 saturated heterocycles. The molecule has 3 rings (SSSR count). The number of benzene rings is 1. The largest absolute Gasteiger partial charge is 0.465 e. The summed E-state index contributed by atoms with van der Waals surface area (Å²) in [5.74, 6) is -0.319. The van der Waals surface area contributed by atoms with Crippen LogP contribution in [0.4, 0.5) is 0 Å². The van der Waals surface area contributed by atoms with E-state index in [-0.39, 0.29) is 5.97 Å². The van der Waals surface area contributed by atoms with E-state index < -0.39 is 0 Å². The van der Waals surface area contributed by atoms with Crippen LogP contribution in [0.1, 0.15) is 41.6 Å². The topological polar surface area (TPSA) is 41.6 Å². The summed E-state index contributed by atoms with van der Waals surface area (Å²) in [7, 11) is 3.55. The lowest BCUT2D eigenvalue weighted by Gasteiger charge is -2.35. The number of hydrogen-bond acceptors (Lipinski definition) is 4. The van der Waals surface area contributed by atoms with Crippen LogP contribution in [-0.2, 0) is 11.3 Å². The summed E-state index contributed by atoms with van der Waals surface area (Å²) in [5, 5.41) is 4.37. The Morgan fingerprint density at radius 1 is 1.36 bits per heavy atom. The Labute approximate surface area is 136 Å². The normalized spacial score (nSPS) is 27.2. The minimum atomic E-state index is -0.319. The summed E-state index contributed by atoms with van der Waals surface area (Å²) < 4.78 is 4.78. The van der Waals surface area contributed by atoms with E-state index in [1.54, 1.807) is 12.1 Å². The van der Waals surface area contributed by atoms with E-state index in [2.05, 4.69) is 17.3 Å². The second-order valence-corrected chi connectivity index (χ2v) is 6.88. The molecule has 0 spiro atoms. The van der Waals surface area contributed by atoms with Gasteiger partial charge in [0, 0.05) is 29.7 Å². The molecule has 5 heteroatoms. The van der Waals surface area contributed by atoms with Crippen LogP contribution in [0.15, 0.2) is 18.2 Å². The van der Waals surface area contributed by atoms with Crippen molar-refractivity contribution in [3.05, 3.63) is 34.3 Å². The van der Waals surface area contributed by atoms with Crippen LogP contribution in [0.3, 0.4) is 0 Å². The zero-order chi connectivity index (χ0) is 15.7. The molecule has 0 saturated carbocycles. The van der Waals surface area contributed by atoms with Gasteiger partial charge in [-0.25, -0.2) is 4.79 Å². The lowest BCUT2D eigenvalue weighted by atomic mass is 9.98. The molecule has 1 N–H and O–H groups in total. The van der Waals surface area contributed by atoms with Crippen molar-refractivity contribution < 1.29 is 9.53 Å². The standard InChI is InChI=1S/C17H23ClN2O2/c1-20(15-8-13-4-5-14(9-15)19-13)10-12-7-11(17(21)22-2)3-6-16(12)18/h3,6-7,13-15,19H,4-5,8-10H2,1-2H3. The molecule has 2 atom stereocenters. The van der Waals surface area contributed by atoms with Crippen LogP contribution in [-0.4, -0.2) is 43.2 Å². The molecular weight excluding hydrogens is 300 g/mol. The Kier molecular flexibility index (Phi) is 4.71. The maximum absolute atomic E-state index is 11.7. The molecule has 2 unspecified atom stereocenters. The van der Waals surface area contributed by atoms with Gasteiger partial charge < -0.3 is 10.1 Å². The molecule has 120 valence electrons. The third-order valence-corrected chi connectivity index (χ3v) is 5.33. The van der Waals surface area contributed by atoms with E-state index in [0.29, 0.717) is 28.7 Å². The predicted molar refractivity (Wildman–Crippen MR) is 87.2 cm³/mol. The van der Waals surface area contributed by atoms with E-state index in [4.69, 9.17) is 16.3 Å². The van der Waals surface area contributed by atoms with Gasteiger partial charge in [0.2, 0.25) is 0 Å². The first-order valence-corrected chi connectivity index (χ1v) is 8.27. The summed E-state index contributed by atoms with van der Waals surface area (Å²) in [5.41, 5.74) is 1.54. The molecule has 0 amide bonds. The quantitative estimate of drug-likeness (QED) is 0.866. The lowest BCUT2D eigenvalue weighted by molar-refractivity contribution is 0.0600. The molecular formula is C17H23ClN2O2. The van der Waals surface area contributed by atoms with Crippen molar-refractivity contribution >= 4 is 17.6 Å². The van der Waals surface area contributed by atoms with Gasteiger partial charge in [-0.15, -0.1) is 0 Å². The van der Waals surface area contributed by atoms with Crippen molar-refractivity contribution in [2.45, 2.75) is 50.4 Å². The van der Waals surface area contributed by atoms with E-state index in [1.165, 1.54) is 32.8 Å². The Morgan fingerprint density at radius 3 is 2.68 bits per heavy atom. The van der Waals surface area contributed by atoms with Gasteiger partial charge in [-0.05, 0) is 56.5 Å². The summed E-state index contributed by atoms with van der Waals surface area (Å²) in [4.78, 5) is 14.0. The summed E-state index contributed by atoms with van der Waals surface area (Å²) in [6, 6.07) is 7.26. The molecule has 22 heavy (non-hydrogen) atoms. The van der Waals surface area contributed by atoms with Crippen molar-refractivity contribution in [2.75, 3.05) is 14.2 Å². The molecule has 2 bridgehead atoms. The molecule has 4 nitrogen and oxygen atoms in total. The fraction of sp³-hybridized carbons (Fsp3) is 0.588. The monoisotopic (exact) mass is 322 g/mol. The van der Waals surface area contributed by atoms with Crippen LogP contribution in [0.5, 0.6) is 0 Å². The Hall–Kier alpha value is -1.10. The highest BCUT2D eigenvalue weighted by atomic mass is 35.5. The fourth-order valence-corrected chi connectivity index (χ4v) is 3.90. The van der Waals surface area contributed by atoms with Crippen molar-refractivity contribution in [3.8, 4) is 0 Å². The second-order valence-electron chi connectivity index (χ2n) is 6.48. The second kappa shape index (κ2) is 6.57. The number of halogens is 1. The van der Waals surface area contributed by atoms with E-state index >= 15 is 0 Å². The molecule has 1 aromatic rings. The predicted octanol–water partition coefficient (Wildman–Crippen LogP) is 2.84. The van der Waals surface area contributed by atoms with Crippen molar-refractivity contribution in [1.82, 2.24) is 10.2 Å². The zero-order valence-electron chi connectivity index (χ0n) is 13.1. The molecule has 0 aromatic heterocycles. The van der Waals surface area contributed by atoms with Gasteiger partial charge >= 0.3 is 5.97 Å². The van der Waals surface area contributed by atoms with Gasteiger partial charge in [0.05, 0.1) is 12.7 Å². The van der Waals surface area contributed by atoms with Gasteiger partial charge in [-0.2, -0.15) is 0 Å². The summed E-state index contributed by atoms with van der Waals surface area (Å²) in [6.45, 7) is 0.758. The van der Waals surface area contributed by atoms with Crippen LogP contribution < -0.4 is 5.32 Å². The highest BCUT2D eigenvalue weighted by Gasteiger charge is 2.35. The van der Waals surface area contributed by atoms with Crippen molar-refractivity contribution in [1.29, 1.82) is 0 Å². The van der Waals surface area contributed by atoms with Crippen molar-refractivity contribution in [3.63, 3.8) is 0 Å². The number of fused-ring (bicyclic) bond motifs is 2. The Balaban J connectivity index is 1.70. The van der Waals surface area contributed by atoms with Gasteiger partial charge in [-0.3, -0.25) is 4.90 Å². The number of nitrogens with one attached hydrogen (secondary N) is 1. The highest BCUT2D eigenvalue weighted by Crippen LogP contribution is 2.30.